The molecular formula is C34H27CrN8O6+2. The molecule has 49 heavy (non-hydrogen) atoms. The second-order valence-corrected chi connectivity index (χ2v) is 10.1. The summed E-state index contributed by atoms with van der Waals surface area (Å²) in [6, 6.07) is 30.4. The fourth-order valence-corrected chi connectivity index (χ4v) is 4.51. The van der Waals surface area contributed by atoms with Gasteiger partial charge in [-0.2, -0.15) is 0 Å². The van der Waals surface area contributed by atoms with Gasteiger partial charge in [0.1, 0.15) is 5.69 Å². The minimum Gasteiger partial charge on any atom is -0.545 e. The van der Waals surface area contributed by atoms with Crippen LogP contribution in [0.2, 0.25) is 0 Å². The van der Waals surface area contributed by atoms with E-state index in [4.69, 9.17) is 5.11 Å². The van der Waals surface area contributed by atoms with Crippen LogP contribution in [0.4, 0.5) is 22.7 Å². The molecule has 0 aliphatic rings. The van der Waals surface area contributed by atoms with Crippen LogP contribution in [-0.4, -0.2) is 36.6 Å². The summed E-state index contributed by atoms with van der Waals surface area (Å²) in [5.41, 5.74) is 2.21. The predicted molar refractivity (Wildman–Crippen MR) is 175 cm³/mol. The van der Waals surface area contributed by atoms with Gasteiger partial charge in [-0.3, -0.25) is 19.8 Å². The van der Waals surface area contributed by atoms with Gasteiger partial charge in [-0.25, -0.2) is 14.2 Å². The number of nitrogens with zero attached hydrogens (tertiary/aromatic N) is 6. The molecule has 1 radical (unpaired) electrons. The Morgan fingerprint density at radius 2 is 0.959 bits per heavy atom. The molecule has 14 nitrogen and oxygen atoms in total. The number of aromatic amines is 2. The Balaban J connectivity index is 0.000000216. The van der Waals surface area contributed by atoms with E-state index in [9.17, 15) is 24.3 Å². The molecule has 0 unspecified atom stereocenters. The minimum atomic E-state index is -1.35. The predicted octanol–water partition coefficient (Wildman–Crippen LogP) is 5.84. The zero-order valence-corrected chi connectivity index (χ0v) is 27.2. The Hall–Kier alpha value is -6.43. The van der Waals surface area contributed by atoms with Crippen LogP contribution in [0.25, 0.3) is 11.4 Å². The summed E-state index contributed by atoms with van der Waals surface area (Å²) in [5, 5.41) is 41.8. The number of aromatic carboxylic acids is 2. The molecule has 3 N–H and O–H groups in total. The van der Waals surface area contributed by atoms with E-state index in [0.717, 1.165) is 0 Å². The van der Waals surface area contributed by atoms with Crippen molar-refractivity contribution in [2.45, 2.75) is 13.8 Å². The topological polar surface area (TPSA) is 202 Å². The van der Waals surface area contributed by atoms with Crippen LogP contribution in [0.15, 0.2) is 139 Å². The molecule has 0 saturated heterocycles. The number of carboxylic acids is 2. The zero-order chi connectivity index (χ0) is 34.2. The molecule has 0 spiro atoms. The normalized spacial score (nSPS) is 10.8. The van der Waals surface area contributed by atoms with E-state index in [2.05, 4.69) is 30.7 Å². The monoisotopic (exact) mass is 695 g/mol. The number of rotatable bonds is 8. The van der Waals surface area contributed by atoms with E-state index in [1.165, 1.54) is 33.6 Å². The van der Waals surface area contributed by atoms with Gasteiger partial charge in [-0.15, -0.1) is 20.5 Å². The largest absolute Gasteiger partial charge is 3.00 e. The number of hydrogen-bond acceptors (Lipinski definition) is 9. The molecular weight excluding hydrogens is 668 g/mol. The third-order valence-corrected chi connectivity index (χ3v) is 6.88. The first-order chi connectivity index (χ1) is 23.2. The number of carbonyl (C=O) groups is 2. The SMILES string of the molecule is Cc1[nH]n(-c2ccccc2)c(=O)c1N=Nc1ccccc1C(=O)O.Cc1[nH]n(-c2ccccc2)c(=O)c1N=Nc1ccccc1C(=O)[O-].[Cr+3]. The molecule has 2 heterocycles. The Morgan fingerprint density at radius 1 is 0.592 bits per heavy atom. The first kappa shape index (κ1) is 35.4. The van der Waals surface area contributed by atoms with E-state index >= 15 is 0 Å². The van der Waals surface area contributed by atoms with E-state index < -0.39 is 11.9 Å². The summed E-state index contributed by atoms with van der Waals surface area (Å²) in [4.78, 5) is 47.2. The van der Waals surface area contributed by atoms with E-state index in [1.54, 1.807) is 62.4 Å². The van der Waals surface area contributed by atoms with Crippen LogP contribution in [-0.2, 0) is 17.4 Å². The second-order valence-electron chi connectivity index (χ2n) is 10.1. The van der Waals surface area contributed by atoms with Gasteiger partial charge in [0.25, 0.3) is 11.1 Å². The molecule has 6 rings (SSSR count). The van der Waals surface area contributed by atoms with E-state index in [1.807, 2.05) is 36.4 Å². The van der Waals surface area contributed by atoms with Crippen LogP contribution in [0.1, 0.15) is 32.1 Å². The Morgan fingerprint density at radius 3 is 1.37 bits per heavy atom. The number of benzene rings is 4. The third kappa shape index (κ3) is 8.11. The van der Waals surface area contributed by atoms with Gasteiger partial charge < -0.3 is 15.0 Å². The number of para-hydroxylation sites is 2. The van der Waals surface area contributed by atoms with Crippen LogP contribution in [0, 0.1) is 13.8 Å². The molecule has 2 aromatic heterocycles. The van der Waals surface area contributed by atoms with Crippen LogP contribution >= 0.6 is 0 Å². The maximum Gasteiger partial charge on any atom is 3.00 e. The molecule has 0 aliphatic heterocycles. The summed E-state index contributed by atoms with van der Waals surface area (Å²) in [6.45, 7) is 3.40. The maximum atomic E-state index is 12.5. The average molecular weight is 696 g/mol. The van der Waals surface area contributed by atoms with Gasteiger partial charge in [0, 0.05) is 5.56 Å². The number of nitrogens with one attached hydrogen (secondary N) is 2. The number of H-pyrrole nitrogens is 2. The van der Waals surface area contributed by atoms with Crippen LogP contribution in [0.5, 0.6) is 0 Å². The van der Waals surface area contributed by atoms with Gasteiger partial charge in [-0.05, 0) is 56.3 Å². The van der Waals surface area contributed by atoms with Crippen molar-refractivity contribution in [1.29, 1.82) is 0 Å². The molecule has 0 saturated carbocycles. The van der Waals surface area contributed by atoms with Gasteiger partial charge in [0.05, 0.1) is 40.0 Å². The van der Waals surface area contributed by atoms with E-state index in [0.29, 0.717) is 22.8 Å². The number of carbonyl (C=O) groups excluding carboxylic acids is 1. The van der Waals surface area contributed by atoms with Crippen LogP contribution in [0.3, 0.4) is 0 Å². The minimum absolute atomic E-state index is 0. The molecule has 0 bridgehead atoms. The van der Waals surface area contributed by atoms with Crippen molar-refractivity contribution in [3.63, 3.8) is 0 Å². The standard InChI is InChI=1S/2C17H14N4O3.Cr/c2*1-11-15(16(22)21(20-11)12-7-3-2-4-8-12)19-18-14-10-6-5-9-13(14)17(23)24;/h2*2-10,20H,1H3,(H,23,24);/q;;+3/p-1. The molecule has 6 aromatic rings. The fraction of sp³-hybridized carbons (Fsp3) is 0.0588. The first-order valence-corrected chi connectivity index (χ1v) is 14.4. The van der Waals surface area contributed by atoms with Crippen molar-refractivity contribution in [1.82, 2.24) is 19.6 Å². The number of carboxylic acid groups (broad SMARTS) is 2. The number of aryl methyl sites for hydroxylation is 2. The summed E-state index contributed by atoms with van der Waals surface area (Å²) in [6.07, 6.45) is 0. The Kier molecular flexibility index (Phi) is 11.5. The van der Waals surface area contributed by atoms with Crippen molar-refractivity contribution in [2.75, 3.05) is 0 Å². The molecule has 0 fully saturated rings. The van der Waals surface area contributed by atoms with Gasteiger partial charge >= 0.3 is 23.3 Å². The van der Waals surface area contributed by atoms with Gasteiger partial charge in [-0.1, -0.05) is 66.7 Å². The van der Waals surface area contributed by atoms with Gasteiger partial charge in [0.2, 0.25) is 0 Å². The molecule has 0 atom stereocenters. The average Bonchev–Trinajstić information content (AvgIpc) is 3.55. The first-order valence-electron chi connectivity index (χ1n) is 14.4. The van der Waals surface area contributed by atoms with Crippen molar-refractivity contribution >= 4 is 34.7 Å². The Labute approximate surface area is 288 Å². The fourth-order valence-electron chi connectivity index (χ4n) is 4.51. The Bertz CT molecular complexity index is 2110. The maximum absolute atomic E-state index is 12.5. The molecule has 243 valence electrons. The van der Waals surface area contributed by atoms with E-state index in [-0.39, 0.29) is 62.4 Å². The smallest absolute Gasteiger partial charge is 0.545 e. The van der Waals surface area contributed by atoms with Crippen molar-refractivity contribution in [3.05, 3.63) is 152 Å². The number of azo groups is 2. The molecule has 4 aromatic carbocycles. The quantitative estimate of drug-likeness (QED) is 0.167. The van der Waals surface area contributed by atoms with Crippen LogP contribution < -0.4 is 16.2 Å². The third-order valence-electron chi connectivity index (χ3n) is 6.88. The second kappa shape index (κ2) is 15.9. The summed E-state index contributed by atoms with van der Waals surface area (Å²) in [5.74, 6) is -2.45. The molecule has 0 aliphatic carbocycles. The summed E-state index contributed by atoms with van der Waals surface area (Å²) in [7, 11) is 0. The van der Waals surface area contributed by atoms with Crippen molar-refractivity contribution in [3.8, 4) is 11.4 Å². The van der Waals surface area contributed by atoms with Crippen molar-refractivity contribution in [2.24, 2.45) is 20.5 Å². The molecule has 15 heteroatoms. The summed E-state index contributed by atoms with van der Waals surface area (Å²) < 4.78 is 2.72. The van der Waals surface area contributed by atoms with Gasteiger partial charge in [0.15, 0.2) is 11.4 Å². The number of hydrogen-bond donors (Lipinski definition) is 3. The number of aromatic nitrogens is 4. The molecule has 0 amide bonds. The zero-order valence-electron chi connectivity index (χ0n) is 26.0. The summed E-state index contributed by atoms with van der Waals surface area (Å²) >= 11 is 0. The van der Waals surface area contributed by atoms with Crippen molar-refractivity contribution < 1.29 is 37.2 Å².